The van der Waals surface area contributed by atoms with E-state index in [2.05, 4.69) is 25.7 Å². The van der Waals surface area contributed by atoms with Gasteiger partial charge in [0.25, 0.3) is 5.89 Å². The fourth-order valence-corrected chi connectivity index (χ4v) is 2.76. The topological polar surface area (TPSA) is 76.7 Å². The molecular weight excluding hydrogens is 266 g/mol. The molecule has 1 fully saturated rings. The first-order valence-electron chi connectivity index (χ1n) is 7.63. The summed E-state index contributed by atoms with van der Waals surface area (Å²) in [6.07, 6.45) is 4.12. The lowest BCUT2D eigenvalue weighted by Crippen LogP contribution is -2.31. The fraction of sp³-hybridized carbons (Fsp3) is 0.600. The van der Waals surface area contributed by atoms with Crippen LogP contribution in [0.4, 0.5) is 0 Å². The third-order valence-corrected chi connectivity index (χ3v) is 3.90. The van der Waals surface area contributed by atoms with E-state index >= 15 is 0 Å². The van der Waals surface area contributed by atoms with Crippen molar-refractivity contribution in [3.05, 3.63) is 23.3 Å². The molecule has 112 valence electrons. The van der Waals surface area contributed by atoms with Gasteiger partial charge >= 0.3 is 0 Å². The maximum Gasteiger partial charge on any atom is 0.259 e. The van der Waals surface area contributed by atoms with Crippen LogP contribution in [0.25, 0.3) is 11.5 Å². The number of aryl methyl sites for hydroxylation is 2. The summed E-state index contributed by atoms with van der Waals surface area (Å²) in [7, 11) is 0. The van der Waals surface area contributed by atoms with Gasteiger partial charge in [0.1, 0.15) is 0 Å². The first-order valence-corrected chi connectivity index (χ1v) is 7.63. The molecule has 6 nitrogen and oxygen atoms in total. The van der Waals surface area contributed by atoms with E-state index in [1.54, 1.807) is 0 Å². The standard InChI is InChI=1S/C15H21N5O/c1-3-13-12(7-10(2)18-19-13)15-17-14(20-21-15)8-11-5-4-6-16-9-11/h7,11,16H,3-6,8-9H2,1-2H3. The highest BCUT2D eigenvalue weighted by atomic mass is 16.5. The molecule has 0 spiro atoms. The first-order chi connectivity index (χ1) is 10.3. The minimum atomic E-state index is 0.559. The van der Waals surface area contributed by atoms with Gasteiger partial charge in [0.05, 0.1) is 17.0 Å². The lowest BCUT2D eigenvalue weighted by molar-refractivity contribution is 0.359. The summed E-state index contributed by atoms with van der Waals surface area (Å²) >= 11 is 0. The molecule has 3 heterocycles. The molecule has 1 aliphatic rings. The molecule has 1 saturated heterocycles. The number of piperidine rings is 1. The van der Waals surface area contributed by atoms with Crippen molar-refractivity contribution in [2.24, 2.45) is 5.92 Å². The van der Waals surface area contributed by atoms with E-state index in [4.69, 9.17) is 4.52 Å². The van der Waals surface area contributed by atoms with Gasteiger partial charge in [0.15, 0.2) is 5.82 Å². The molecule has 2 aromatic rings. The quantitative estimate of drug-likeness (QED) is 0.926. The minimum absolute atomic E-state index is 0.559. The predicted molar refractivity (Wildman–Crippen MR) is 78.7 cm³/mol. The van der Waals surface area contributed by atoms with E-state index in [0.717, 1.165) is 48.7 Å². The van der Waals surface area contributed by atoms with Crippen molar-refractivity contribution in [1.82, 2.24) is 25.7 Å². The van der Waals surface area contributed by atoms with Gasteiger partial charge in [-0.05, 0) is 51.3 Å². The van der Waals surface area contributed by atoms with E-state index in [0.29, 0.717) is 11.8 Å². The summed E-state index contributed by atoms with van der Waals surface area (Å²) in [6.45, 7) is 6.13. The number of aromatic nitrogens is 4. The largest absolute Gasteiger partial charge is 0.334 e. The Morgan fingerprint density at radius 1 is 1.38 bits per heavy atom. The molecule has 0 bridgehead atoms. The zero-order valence-corrected chi connectivity index (χ0v) is 12.6. The van der Waals surface area contributed by atoms with Crippen LogP contribution < -0.4 is 5.32 Å². The Kier molecular flexibility index (Phi) is 4.24. The van der Waals surface area contributed by atoms with Crippen molar-refractivity contribution in [3.63, 3.8) is 0 Å². The molecule has 1 aliphatic heterocycles. The lowest BCUT2D eigenvalue weighted by atomic mass is 9.96. The Bertz CT molecular complexity index is 604. The molecule has 0 aliphatic carbocycles. The van der Waals surface area contributed by atoms with Crippen LogP contribution in [0.1, 0.15) is 37.0 Å². The van der Waals surface area contributed by atoms with E-state index in [1.807, 2.05) is 19.9 Å². The molecule has 2 aromatic heterocycles. The fourth-order valence-electron chi connectivity index (χ4n) is 2.76. The van der Waals surface area contributed by atoms with Gasteiger partial charge in [0, 0.05) is 6.42 Å². The van der Waals surface area contributed by atoms with E-state index in [1.165, 1.54) is 12.8 Å². The van der Waals surface area contributed by atoms with Gasteiger partial charge in [-0.25, -0.2) is 0 Å². The van der Waals surface area contributed by atoms with Crippen molar-refractivity contribution < 1.29 is 4.52 Å². The van der Waals surface area contributed by atoms with E-state index in [-0.39, 0.29) is 0 Å². The number of nitrogens with one attached hydrogen (secondary N) is 1. The van der Waals surface area contributed by atoms with E-state index in [9.17, 15) is 0 Å². The van der Waals surface area contributed by atoms with Gasteiger partial charge in [-0.1, -0.05) is 12.1 Å². The third kappa shape index (κ3) is 3.26. The minimum Gasteiger partial charge on any atom is -0.334 e. The van der Waals surface area contributed by atoms with Gasteiger partial charge in [-0.2, -0.15) is 15.2 Å². The molecule has 1 unspecified atom stereocenters. The average Bonchev–Trinajstić information content (AvgIpc) is 2.96. The Balaban J connectivity index is 1.79. The van der Waals surface area contributed by atoms with Gasteiger partial charge in [-0.15, -0.1) is 0 Å². The van der Waals surface area contributed by atoms with E-state index < -0.39 is 0 Å². The van der Waals surface area contributed by atoms with Crippen LogP contribution >= 0.6 is 0 Å². The SMILES string of the molecule is CCc1nnc(C)cc1-c1nc(CC2CCCNC2)no1. The maximum absolute atomic E-state index is 5.44. The molecule has 0 aromatic carbocycles. The summed E-state index contributed by atoms with van der Waals surface area (Å²) in [4.78, 5) is 4.55. The van der Waals surface area contributed by atoms with Crippen molar-refractivity contribution in [2.75, 3.05) is 13.1 Å². The van der Waals surface area contributed by atoms with Crippen molar-refractivity contribution in [1.29, 1.82) is 0 Å². The van der Waals surface area contributed by atoms with Crippen LogP contribution in [-0.4, -0.2) is 33.4 Å². The molecule has 1 N–H and O–H groups in total. The number of rotatable bonds is 4. The first kappa shape index (κ1) is 14.1. The van der Waals surface area contributed by atoms with Crippen molar-refractivity contribution >= 4 is 0 Å². The van der Waals surface area contributed by atoms with Crippen LogP contribution in [0.3, 0.4) is 0 Å². The Labute approximate surface area is 124 Å². The summed E-state index contributed by atoms with van der Waals surface area (Å²) in [5.74, 6) is 1.95. The van der Waals surface area contributed by atoms with Crippen molar-refractivity contribution in [3.8, 4) is 11.5 Å². The Morgan fingerprint density at radius 3 is 3.05 bits per heavy atom. The normalized spacial score (nSPS) is 18.9. The Morgan fingerprint density at radius 2 is 2.29 bits per heavy atom. The second-order valence-electron chi connectivity index (χ2n) is 5.63. The molecule has 0 radical (unpaired) electrons. The van der Waals surface area contributed by atoms with Crippen LogP contribution in [0, 0.1) is 12.8 Å². The lowest BCUT2D eigenvalue weighted by Gasteiger charge is -2.20. The van der Waals surface area contributed by atoms with Gasteiger partial charge in [-0.3, -0.25) is 0 Å². The number of nitrogens with zero attached hydrogens (tertiary/aromatic N) is 4. The highest BCUT2D eigenvalue weighted by molar-refractivity contribution is 5.56. The summed E-state index contributed by atoms with van der Waals surface area (Å²) < 4.78 is 5.44. The average molecular weight is 287 g/mol. The Hall–Kier alpha value is -1.82. The van der Waals surface area contributed by atoms with Crippen LogP contribution in [0.2, 0.25) is 0 Å². The van der Waals surface area contributed by atoms with Crippen LogP contribution in [0.5, 0.6) is 0 Å². The van der Waals surface area contributed by atoms with Gasteiger partial charge < -0.3 is 9.84 Å². The smallest absolute Gasteiger partial charge is 0.259 e. The molecule has 6 heteroatoms. The highest BCUT2D eigenvalue weighted by Gasteiger charge is 2.19. The second kappa shape index (κ2) is 6.30. The van der Waals surface area contributed by atoms with Crippen LogP contribution in [-0.2, 0) is 12.8 Å². The van der Waals surface area contributed by atoms with Crippen molar-refractivity contribution in [2.45, 2.75) is 39.5 Å². The molecule has 0 saturated carbocycles. The van der Waals surface area contributed by atoms with Crippen LogP contribution in [0.15, 0.2) is 10.6 Å². The third-order valence-electron chi connectivity index (χ3n) is 3.90. The number of hydrogen-bond donors (Lipinski definition) is 1. The molecule has 21 heavy (non-hydrogen) atoms. The molecular formula is C15H21N5O. The predicted octanol–water partition coefficient (Wildman–Crippen LogP) is 1.94. The summed E-state index contributed by atoms with van der Waals surface area (Å²) in [6, 6.07) is 1.96. The molecule has 3 rings (SSSR count). The monoisotopic (exact) mass is 287 g/mol. The molecule has 0 amide bonds. The summed E-state index contributed by atoms with van der Waals surface area (Å²) in [5, 5.41) is 15.8. The highest BCUT2D eigenvalue weighted by Crippen LogP contribution is 2.23. The summed E-state index contributed by atoms with van der Waals surface area (Å²) in [5.41, 5.74) is 2.67. The number of hydrogen-bond acceptors (Lipinski definition) is 6. The zero-order chi connectivity index (χ0) is 14.7. The zero-order valence-electron chi connectivity index (χ0n) is 12.6. The molecule has 1 atom stereocenters. The maximum atomic E-state index is 5.44. The van der Waals surface area contributed by atoms with Gasteiger partial charge in [0.2, 0.25) is 0 Å². The second-order valence-corrected chi connectivity index (χ2v) is 5.63.